The maximum absolute atomic E-state index is 9.73. The van der Waals surface area contributed by atoms with Gasteiger partial charge in [0.1, 0.15) is 12.4 Å². The Kier molecular flexibility index (Phi) is 6.45. The predicted octanol–water partition coefficient (Wildman–Crippen LogP) is 3.02. The monoisotopic (exact) mass is 341 g/mol. The molecule has 3 atom stereocenters. The second-order valence-electron chi connectivity index (χ2n) is 6.79. The topological polar surface area (TPSA) is 61.7 Å². The van der Waals surface area contributed by atoms with Crippen LogP contribution in [0.5, 0.6) is 5.75 Å². The predicted molar refractivity (Wildman–Crippen MR) is 98.3 cm³/mol. The van der Waals surface area contributed by atoms with Crippen LogP contribution in [0.4, 0.5) is 0 Å². The second kappa shape index (κ2) is 8.99. The second-order valence-corrected chi connectivity index (χ2v) is 6.79. The Morgan fingerprint density at radius 3 is 2.08 bits per heavy atom. The minimum atomic E-state index is -0.576. The Morgan fingerprint density at radius 2 is 1.44 bits per heavy atom. The number of hydrogen-bond acceptors (Lipinski definition) is 4. The van der Waals surface area contributed by atoms with E-state index in [2.05, 4.69) is 29.6 Å². The lowest BCUT2D eigenvalue weighted by atomic mass is 10.1. The van der Waals surface area contributed by atoms with Crippen LogP contribution in [0.2, 0.25) is 0 Å². The van der Waals surface area contributed by atoms with Crippen LogP contribution < -0.4 is 10.1 Å². The van der Waals surface area contributed by atoms with E-state index in [-0.39, 0.29) is 0 Å². The number of hydrogen-bond donors (Lipinski definition) is 3. The number of aliphatic hydroxyl groups excluding tert-OH is 2. The van der Waals surface area contributed by atoms with E-state index >= 15 is 0 Å². The average molecular weight is 341 g/mol. The van der Waals surface area contributed by atoms with Gasteiger partial charge in [0.05, 0.1) is 12.2 Å². The summed E-state index contributed by atoms with van der Waals surface area (Å²) in [6.45, 7) is 1.36. The largest absolute Gasteiger partial charge is 0.489 e. The molecule has 1 unspecified atom stereocenters. The molecule has 25 heavy (non-hydrogen) atoms. The third-order valence-electron chi connectivity index (χ3n) is 4.83. The highest BCUT2D eigenvalue weighted by Crippen LogP contribution is 2.20. The van der Waals surface area contributed by atoms with Gasteiger partial charge in [0.2, 0.25) is 0 Å². The maximum Gasteiger partial charge on any atom is 0.119 e. The fourth-order valence-electron chi connectivity index (χ4n) is 3.18. The summed E-state index contributed by atoms with van der Waals surface area (Å²) in [6.07, 6.45) is 1.96. The Labute approximate surface area is 149 Å². The van der Waals surface area contributed by atoms with Crippen LogP contribution in [0.3, 0.4) is 0 Å². The molecule has 0 aromatic heterocycles. The Morgan fingerprint density at radius 1 is 0.800 bits per heavy atom. The molecule has 1 aliphatic rings. The molecule has 2 aromatic carbocycles. The van der Waals surface area contributed by atoms with E-state index < -0.39 is 12.2 Å². The molecule has 1 fully saturated rings. The van der Waals surface area contributed by atoms with Crippen molar-refractivity contribution in [1.82, 2.24) is 5.32 Å². The minimum absolute atomic E-state index is 0.348. The van der Waals surface area contributed by atoms with E-state index in [1.165, 1.54) is 5.56 Å². The van der Waals surface area contributed by atoms with Gasteiger partial charge in [0, 0.05) is 12.6 Å². The third-order valence-corrected chi connectivity index (χ3v) is 4.83. The molecule has 0 saturated heterocycles. The first-order chi connectivity index (χ1) is 12.2. The minimum Gasteiger partial charge on any atom is -0.489 e. The summed E-state index contributed by atoms with van der Waals surface area (Å²) in [4.78, 5) is 0. The first-order valence-corrected chi connectivity index (χ1v) is 9.06. The lowest BCUT2D eigenvalue weighted by molar-refractivity contribution is 0.0157. The van der Waals surface area contributed by atoms with Gasteiger partial charge in [-0.05, 0) is 48.9 Å². The van der Waals surface area contributed by atoms with Crippen LogP contribution >= 0.6 is 0 Å². The zero-order chi connectivity index (χ0) is 17.5. The molecule has 1 aliphatic carbocycles. The molecule has 0 radical (unpaired) electrons. The van der Waals surface area contributed by atoms with E-state index in [0.717, 1.165) is 30.7 Å². The molecule has 0 aliphatic heterocycles. The average Bonchev–Trinajstić information content (AvgIpc) is 2.82. The molecule has 134 valence electrons. The van der Waals surface area contributed by atoms with Crippen LogP contribution in [-0.2, 0) is 13.2 Å². The molecular formula is C21H27NO3. The van der Waals surface area contributed by atoms with Gasteiger partial charge in [0.15, 0.2) is 0 Å². The highest BCUT2D eigenvalue weighted by atomic mass is 16.5. The van der Waals surface area contributed by atoms with Gasteiger partial charge in [-0.15, -0.1) is 0 Å². The molecular weight excluding hydrogens is 314 g/mol. The van der Waals surface area contributed by atoms with Gasteiger partial charge >= 0.3 is 0 Å². The van der Waals surface area contributed by atoms with Gasteiger partial charge in [-0.1, -0.05) is 42.5 Å². The van der Waals surface area contributed by atoms with Gasteiger partial charge in [-0.25, -0.2) is 0 Å². The first kappa shape index (κ1) is 17.9. The standard InChI is InChI=1S/C21H27NO3/c23-20-12-8-18(9-13-21(20)24)22-14-16-6-10-19(11-7-16)25-15-17-4-2-1-3-5-17/h1-7,10-11,18,20-24H,8-9,12-15H2/t18?,20-,21+. The lowest BCUT2D eigenvalue weighted by Crippen LogP contribution is -2.28. The maximum atomic E-state index is 9.73. The van der Waals surface area contributed by atoms with Crippen molar-refractivity contribution in [2.24, 2.45) is 0 Å². The molecule has 3 N–H and O–H groups in total. The number of ether oxygens (including phenoxy) is 1. The summed E-state index contributed by atoms with van der Waals surface area (Å²) in [7, 11) is 0. The highest BCUT2D eigenvalue weighted by Gasteiger charge is 2.23. The summed E-state index contributed by atoms with van der Waals surface area (Å²) in [5.74, 6) is 0.869. The van der Waals surface area contributed by atoms with Crippen molar-refractivity contribution >= 4 is 0 Å². The normalized spacial score (nSPS) is 23.8. The van der Waals surface area contributed by atoms with Crippen molar-refractivity contribution in [3.8, 4) is 5.75 Å². The van der Waals surface area contributed by atoms with E-state index in [1.54, 1.807) is 0 Å². The molecule has 3 rings (SSSR count). The summed E-state index contributed by atoms with van der Waals surface area (Å²) in [6, 6.07) is 18.6. The Hall–Kier alpha value is -1.88. The summed E-state index contributed by atoms with van der Waals surface area (Å²) < 4.78 is 5.81. The highest BCUT2D eigenvalue weighted by molar-refractivity contribution is 5.27. The fourth-order valence-corrected chi connectivity index (χ4v) is 3.18. The number of benzene rings is 2. The fraction of sp³-hybridized carbons (Fsp3) is 0.429. The van der Waals surface area contributed by atoms with Crippen LogP contribution in [-0.4, -0.2) is 28.5 Å². The molecule has 0 amide bonds. The number of rotatable bonds is 6. The van der Waals surface area contributed by atoms with Gasteiger partial charge in [-0.3, -0.25) is 0 Å². The molecule has 4 nitrogen and oxygen atoms in total. The van der Waals surface area contributed by atoms with E-state index in [9.17, 15) is 10.2 Å². The van der Waals surface area contributed by atoms with Crippen LogP contribution in [0, 0.1) is 0 Å². The van der Waals surface area contributed by atoms with Gasteiger partial charge < -0.3 is 20.3 Å². The summed E-state index contributed by atoms with van der Waals surface area (Å²) >= 11 is 0. The van der Waals surface area contributed by atoms with Crippen molar-refractivity contribution in [2.45, 2.75) is 57.1 Å². The van der Waals surface area contributed by atoms with E-state index in [4.69, 9.17) is 4.74 Å². The van der Waals surface area contributed by atoms with Gasteiger partial charge in [-0.2, -0.15) is 0 Å². The van der Waals surface area contributed by atoms with Crippen LogP contribution in [0.15, 0.2) is 54.6 Å². The lowest BCUT2D eigenvalue weighted by Gasteiger charge is -2.16. The number of aliphatic hydroxyl groups is 2. The van der Waals surface area contributed by atoms with E-state index in [1.807, 2.05) is 30.3 Å². The van der Waals surface area contributed by atoms with Crippen molar-refractivity contribution in [1.29, 1.82) is 0 Å². The molecule has 1 saturated carbocycles. The first-order valence-electron chi connectivity index (χ1n) is 9.06. The molecule has 0 heterocycles. The summed E-state index contributed by atoms with van der Waals surface area (Å²) in [5, 5.41) is 23.0. The van der Waals surface area contributed by atoms with Crippen LogP contribution in [0.25, 0.3) is 0 Å². The van der Waals surface area contributed by atoms with Crippen molar-refractivity contribution in [3.63, 3.8) is 0 Å². The quantitative estimate of drug-likeness (QED) is 0.707. The molecule has 0 bridgehead atoms. The Balaban J connectivity index is 1.44. The molecule has 2 aromatic rings. The molecule has 0 spiro atoms. The third kappa shape index (κ3) is 5.56. The van der Waals surface area contributed by atoms with Crippen molar-refractivity contribution in [3.05, 3.63) is 65.7 Å². The summed E-state index contributed by atoms with van der Waals surface area (Å²) in [5.41, 5.74) is 2.36. The van der Waals surface area contributed by atoms with Crippen molar-refractivity contribution in [2.75, 3.05) is 0 Å². The Bertz CT molecular complexity index is 617. The zero-order valence-corrected chi connectivity index (χ0v) is 14.5. The van der Waals surface area contributed by atoms with Crippen molar-refractivity contribution < 1.29 is 14.9 Å². The van der Waals surface area contributed by atoms with Gasteiger partial charge in [0.25, 0.3) is 0 Å². The van der Waals surface area contributed by atoms with Crippen LogP contribution in [0.1, 0.15) is 36.8 Å². The SMILES string of the molecule is O[C@@H]1CCC(NCc2ccc(OCc3ccccc3)cc2)CC[C@@H]1O. The molecule has 4 heteroatoms. The van der Waals surface area contributed by atoms with E-state index in [0.29, 0.717) is 25.5 Å². The zero-order valence-electron chi connectivity index (χ0n) is 14.5. The number of nitrogens with one attached hydrogen (secondary N) is 1. The smallest absolute Gasteiger partial charge is 0.119 e.